The lowest BCUT2D eigenvalue weighted by atomic mass is 10.1. The van der Waals surface area contributed by atoms with Gasteiger partial charge in [0.1, 0.15) is 17.3 Å². The number of aliphatic imine (C=N–C) groups is 1. The van der Waals surface area contributed by atoms with Gasteiger partial charge >= 0.3 is 0 Å². The van der Waals surface area contributed by atoms with Crippen LogP contribution in [0.3, 0.4) is 0 Å². The first kappa shape index (κ1) is 17.3. The molecule has 1 aliphatic heterocycles. The maximum absolute atomic E-state index is 14.2. The van der Waals surface area contributed by atoms with E-state index in [2.05, 4.69) is 28.1 Å². The predicted molar refractivity (Wildman–Crippen MR) is 104 cm³/mol. The number of hydrogen-bond donors (Lipinski definition) is 1. The lowest BCUT2D eigenvalue weighted by Gasteiger charge is -2.15. The molecule has 3 heterocycles. The van der Waals surface area contributed by atoms with Crippen molar-refractivity contribution in [2.24, 2.45) is 4.99 Å². The van der Waals surface area contributed by atoms with E-state index in [1.807, 2.05) is 18.2 Å². The van der Waals surface area contributed by atoms with E-state index in [-0.39, 0.29) is 11.9 Å². The molecule has 0 spiro atoms. The van der Waals surface area contributed by atoms with E-state index in [9.17, 15) is 4.39 Å². The van der Waals surface area contributed by atoms with Crippen molar-refractivity contribution in [1.82, 2.24) is 19.7 Å². The maximum Gasteiger partial charge on any atom is 0.182 e. The van der Waals surface area contributed by atoms with Crippen molar-refractivity contribution in [3.05, 3.63) is 59.7 Å². The van der Waals surface area contributed by atoms with Crippen molar-refractivity contribution in [1.29, 1.82) is 0 Å². The van der Waals surface area contributed by atoms with Crippen molar-refractivity contribution in [2.75, 3.05) is 5.73 Å². The van der Waals surface area contributed by atoms with Gasteiger partial charge in [0.15, 0.2) is 5.82 Å². The Balaban J connectivity index is 1.77. The number of nitrogens with two attached hydrogens (primary N) is 1. The number of rotatable bonds is 4. The van der Waals surface area contributed by atoms with Crippen molar-refractivity contribution in [3.8, 4) is 11.5 Å². The fourth-order valence-corrected chi connectivity index (χ4v) is 3.21. The van der Waals surface area contributed by atoms with Crippen molar-refractivity contribution in [2.45, 2.75) is 38.8 Å². The van der Waals surface area contributed by atoms with Gasteiger partial charge in [-0.15, -0.1) is 0 Å². The molecule has 0 saturated carbocycles. The Labute approximate surface area is 157 Å². The molecule has 4 rings (SSSR count). The van der Waals surface area contributed by atoms with E-state index in [4.69, 9.17) is 10.7 Å². The SMILES string of the molecule is CC1CC=CC(c2cc(-c3nccc(N)n3)nn2CC2=CCCC=C2F)=N1. The molecule has 0 amide bonds. The molecule has 1 aliphatic carbocycles. The van der Waals surface area contributed by atoms with Crippen LogP contribution in [0.1, 0.15) is 31.9 Å². The molecular weight excluding hydrogens is 343 g/mol. The van der Waals surface area contributed by atoms with Crippen LogP contribution in [0, 0.1) is 0 Å². The van der Waals surface area contributed by atoms with Crippen LogP contribution in [0.15, 0.2) is 59.0 Å². The highest BCUT2D eigenvalue weighted by molar-refractivity contribution is 6.08. The molecule has 27 heavy (non-hydrogen) atoms. The first-order valence-electron chi connectivity index (χ1n) is 9.06. The van der Waals surface area contributed by atoms with Gasteiger partial charge in [0, 0.05) is 11.8 Å². The summed E-state index contributed by atoms with van der Waals surface area (Å²) >= 11 is 0. The van der Waals surface area contributed by atoms with Gasteiger partial charge in [0.05, 0.1) is 24.0 Å². The Bertz CT molecular complexity index is 982. The molecule has 7 heteroatoms. The number of halogens is 1. The minimum absolute atomic E-state index is 0.182. The minimum Gasteiger partial charge on any atom is -0.384 e. The van der Waals surface area contributed by atoms with Gasteiger partial charge in [0.2, 0.25) is 0 Å². The molecule has 0 fully saturated rings. The second-order valence-electron chi connectivity index (χ2n) is 6.74. The first-order valence-corrected chi connectivity index (χ1v) is 9.06. The summed E-state index contributed by atoms with van der Waals surface area (Å²) in [6, 6.07) is 3.72. The second kappa shape index (κ2) is 7.26. The number of nitrogen functional groups attached to an aromatic ring is 1. The van der Waals surface area contributed by atoms with E-state index in [1.165, 1.54) is 0 Å². The summed E-state index contributed by atoms with van der Waals surface area (Å²) in [6.45, 7) is 2.40. The molecule has 6 nitrogen and oxygen atoms in total. The average molecular weight is 364 g/mol. The van der Waals surface area contributed by atoms with Gasteiger partial charge in [-0.05, 0) is 50.5 Å². The topological polar surface area (TPSA) is 82.0 Å². The summed E-state index contributed by atoms with van der Waals surface area (Å²) in [5.41, 5.74) is 8.66. The molecule has 0 saturated heterocycles. The van der Waals surface area contributed by atoms with Gasteiger partial charge < -0.3 is 5.73 Å². The molecule has 2 aromatic rings. The summed E-state index contributed by atoms with van der Waals surface area (Å²) in [4.78, 5) is 13.2. The highest BCUT2D eigenvalue weighted by Crippen LogP contribution is 2.25. The normalized spacial score (nSPS) is 19.5. The van der Waals surface area contributed by atoms with Gasteiger partial charge in [0.25, 0.3) is 0 Å². The summed E-state index contributed by atoms with van der Waals surface area (Å²) in [5, 5.41) is 4.64. The Hall–Kier alpha value is -3.09. The largest absolute Gasteiger partial charge is 0.384 e. The molecule has 138 valence electrons. The molecule has 2 aromatic heterocycles. The van der Waals surface area contributed by atoms with Gasteiger partial charge in [-0.1, -0.05) is 12.2 Å². The molecular formula is C20H21FN6. The Morgan fingerprint density at radius 1 is 1.30 bits per heavy atom. The molecule has 0 radical (unpaired) electrons. The molecule has 2 aliphatic rings. The van der Waals surface area contributed by atoms with E-state index >= 15 is 0 Å². The average Bonchev–Trinajstić information content (AvgIpc) is 3.08. The molecule has 2 N–H and O–H groups in total. The highest BCUT2D eigenvalue weighted by atomic mass is 19.1. The van der Waals surface area contributed by atoms with Crippen molar-refractivity contribution in [3.63, 3.8) is 0 Å². The number of anilines is 1. The fourth-order valence-electron chi connectivity index (χ4n) is 3.21. The number of dihydropyridines is 1. The zero-order valence-corrected chi connectivity index (χ0v) is 15.1. The fraction of sp³-hybridized carbons (Fsp3) is 0.300. The van der Waals surface area contributed by atoms with Crippen LogP contribution in [-0.2, 0) is 6.54 Å². The monoisotopic (exact) mass is 364 g/mol. The van der Waals surface area contributed by atoms with Crippen LogP contribution in [0.25, 0.3) is 11.5 Å². The summed E-state index contributed by atoms with van der Waals surface area (Å²) in [5.74, 6) is 0.639. The van der Waals surface area contributed by atoms with Crippen LogP contribution in [-0.4, -0.2) is 31.5 Å². The number of allylic oxidation sites excluding steroid dienone is 5. The maximum atomic E-state index is 14.2. The Morgan fingerprint density at radius 3 is 2.93 bits per heavy atom. The molecule has 1 atom stereocenters. The molecule has 1 unspecified atom stereocenters. The second-order valence-corrected chi connectivity index (χ2v) is 6.74. The van der Waals surface area contributed by atoms with Crippen LogP contribution in [0.4, 0.5) is 10.2 Å². The van der Waals surface area contributed by atoms with E-state index < -0.39 is 0 Å². The zero-order valence-electron chi connectivity index (χ0n) is 15.1. The van der Waals surface area contributed by atoms with Gasteiger partial charge in [-0.2, -0.15) is 5.10 Å². The third-order valence-corrected chi connectivity index (χ3v) is 4.57. The van der Waals surface area contributed by atoms with E-state index in [0.29, 0.717) is 29.5 Å². The summed E-state index contributed by atoms with van der Waals surface area (Å²) in [7, 11) is 0. The predicted octanol–water partition coefficient (Wildman–Crippen LogP) is 3.63. The molecule has 0 aromatic carbocycles. The minimum atomic E-state index is -0.182. The standard InChI is InChI=1S/C20H21FN6/c1-13-5-4-8-16(24-13)18-11-17(20-23-10-9-19(22)25-20)26-27(18)12-14-6-2-3-7-15(14)21/h4,6-11,13H,2-3,5,12H2,1H3,(H2,22,23,25). The van der Waals surface area contributed by atoms with E-state index in [0.717, 1.165) is 30.7 Å². The quantitative estimate of drug-likeness (QED) is 0.898. The summed E-state index contributed by atoms with van der Waals surface area (Å²) < 4.78 is 16.0. The third kappa shape index (κ3) is 3.72. The Kier molecular flexibility index (Phi) is 4.66. The first-order chi connectivity index (χ1) is 13.1. The van der Waals surface area contributed by atoms with E-state index in [1.54, 1.807) is 23.0 Å². The lowest BCUT2D eigenvalue weighted by molar-refractivity contribution is 0.586. The lowest BCUT2D eigenvalue weighted by Crippen LogP contribution is -2.16. The van der Waals surface area contributed by atoms with Crippen LogP contribution < -0.4 is 5.73 Å². The number of hydrogen-bond acceptors (Lipinski definition) is 5. The van der Waals surface area contributed by atoms with Gasteiger partial charge in [-0.3, -0.25) is 9.67 Å². The van der Waals surface area contributed by atoms with Crippen LogP contribution in [0.2, 0.25) is 0 Å². The summed E-state index contributed by atoms with van der Waals surface area (Å²) in [6.07, 6.45) is 11.7. The highest BCUT2D eigenvalue weighted by Gasteiger charge is 2.19. The number of aromatic nitrogens is 4. The Morgan fingerprint density at radius 2 is 2.15 bits per heavy atom. The molecule has 0 bridgehead atoms. The van der Waals surface area contributed by atoms with Gasteiger partial charge in [-0.25, -0.2) is 14.4 Å². The van der Waals surface area contributed by atoms with Crippen LogP contribution >= 0.6 is 0 Å². The zero-order chi connectivity index (χ0) is 18.8. The third-order valence-electron chi connectivity index (χ3n) is 4.57. The number of nitrogens with zero attached hydrogens (tertiary/aromatic N) is 5. The van der Waals surface area contributed by atoms with Crippen molar-refractivity contribution < 1.29 is 4.39 Å². The smallest absolute Gasteiger partial charge is 0.182 e. The van der Waals surface area contributed by atoms with Crippen LogP contribution in [0.5, 0.6) is 0 Å². The van der Waals surface area contributed by atoms with Crippen molar-refractivity contribution >= 4 is 11.5 Å².